The molecule has 3 aliphatic rings. The molecule has 2 aromatic heterocycles. The molecule has 1 aromatic carbocycles. The Balaban J connectivity index is 1.37. The summed E-state index contributed by atoms with van der Waals surface area (Å²) in [6.45, 7) is 2.51. The van der Waals surface area contributed by atoms with E-state index >= 15 is 0 Å². The number of H-pyrrole nitrogens is 1. The van der Waals surface area contributed by atoms with Crippen molar-refractivity contribution in [3.05, 3.63) is 70.3 Å². The molecule has 0 bridgehead atoms. The van der Waals surface area contributed by atoms with Crippen LogP contribution in [0.2, 0.25) is 0 Å². The van der Waals surface area contributed by atoms with E-state index in [-0.39, 0.29) is 35.1 Å². The van der Waals surface area contributed by atoms with Crippen molar-refractivity contribution in [2.24, 2.45) is 0 Å². The van der Waals surface area contributed by atoms with E-state index in [9.17, 15) is 27.1 Å². The van der Waals surface area contributed by atoms with E-state index in [1.165, 1.54) is 12.1 Å². The molecule has 196 valence electrons. The van der Waals surface area contributed by atoms with E-state index < -0.39 is 35.6 Å². The number of aliphatic hydroxyl groups is 1. The van der Waals surface area contributed by atoms with Crippen molar-refractivity contribution in [1.29, 1.82) is 0 Å². The molecular formula is C25H22F5N3O4. The molecule has 3 aromatic rings. The summed E-state index contributed by atoms with van der Waals surface area (Å²) in [4.78, 5) is 4.55. The van der Waals surface area contributed by atoms with Gasteiger partial charge in [-0.2, -0.15) is 18.3 Å². The van der Waals surface area contributed by atoms with Crippen LogP contribution in [0.3, 0.4) is 0 Å². The molecule has 1 aliphatic carbocycles. The lowest BCUT2D eigenvalue weighted by Crippen LogP contribution is -2.51. The predicted molar refractivity (Wildman–Crippen MR) is 117 cm³/mol. The van der Waals surface area contributed by atoms with Gasteiger partial charge in [0.1, 0.15) is 0 Å². The van der Waals surface area contributed by atoms with Crippen LogP contribution in [0.1, 0.15) is 71.5 Å². The van der Waals surface area contributed by atoms with Crippen molar-refractivity contribution >= 4 is 0 Å². The van der Waals surface area contributed by atoms with Crippen molar-refractivity contribution < 1.29 is 41.3 Å². The number of aliphatic hydroxyl groups excluding tert-OH is 1. The second-order valence-electron chi connectivity index (χ2n) is 9.76. The van der Waals surface area contributed by atoms with Crippen molar-refractivity contribution in [3.8, 4) is 11.5 Å². The van der Waals surface area contributed by atoms with Gasteiger partial charge in [0.15, 0.2) is 17.2 Å². The first-order chi connectivity index (χ1) is 17.5. The van der Waals surface area contributed by atoms with Gasteiger partial charge in [0.05, 0.1) is 36.1 Å². The largest absolute Gasteiger partial charge is 0.586 e. The molecule has 4 heterocycles. The number of pyridine rings is 1. The highest BCUT2D eigenvalue weighted by Crippen LogP contribution is 2.50. The van der Waals surface area contributed by atoms with Crippen LogP contribution in [0.4, 0.5) is 22.0 Å². The zero-order valence-electron chi connectivity index (χ0n) is 19.5. The highest BCUT2D eigenvalue weighted by Gasteiger charge is 2.49. The molecule has 1 saturated heterocycles. The van der Waals surface area contributed by atoms with Crippen LogP contribution >= 0.6 is 0 Å². The van der Waals surface area contributed by atoms with E-state index in [0.717, 1.165) is 0 Å². The van der Waals surface area contributed by atoms with E-state index in [1.807, 2.05) is 6.92 Å². The summed E-state index contributed by atoms with van der Waals surface area (Å²) >= 11 is 0. The van der Waals surface area contributed by atoms with Crippen LogP contribution in [-0.4, -0.2) is 39.8 Å². The van der Waals surface area contributed by atoms with Gasteiger partial charge in [0.2, 0.25) is 0 Å². The van der Waals surface area contributed by atoms with Crippen molar-refractivity contribution in [3.63, 3.8) is 0 Å². The summed E-state index contributed by atoms with van der Waals surface area (Å²) in [5, 5.41) is 16.2. The number of halogens is 5. The number of benzene rings is 1. The van der Waals surface area contributed by atoms with Gasteiger partial charge in [-0.25, -0.2) is 0 Å². The van der Waals surface area contributed by atoms with Gasteiger partial charge in [-0.15, -0.1) is 8.78 Å². The first-order valence-electron chi connectivity index (χ1n) is 11.8. The third-order valence-corrected chi connectivity index (χ3v) is 7.68. The number of hydrogen-bond donors (Lipinski definition) is 2. The van der Waals surface area contributed by atoms with E-state index in [1.54, 1.807) is 24.4 Å². The van der Waals surface area contributed by atoms with Gasteiger partial charge in [0, 0.05) is 17.7 Å². The summed E-state index contributed by atoms with van der Waals surface area (Å²) in [6.07, 6.45) is -7.33. The van der Waals surface area contributed by atoms with Crippen molar-refractivity contribution in [2.75, 3.05) is 13.2 Å². The maximum Gasteiger partial charge on any atom is 0.586 e. The Kier molecular flexibility index (Phi) is 5.29. The first kappa shape index (κ1) is 24.1. The van der Waals surface area contributed by atoms with Gasteiger partial charge in [0.25, 0.3) is 0 Å². The topological polar surface area (TPSA) is 89.5 Å². The highest BCUT2D eigenvalue weighted by atomic mass is 19.4. The Morgan fingerprint density at radius 2 is 1.84 bits per heavy atom. The zero-order chi connectivity index (χ0) is 26.2. The Bertz CT molecular complexity index is 1350. The van der Waals surface area contributed by atoms with Crippen LogP contribution in [0.25, 0.3) is 0 Å². The summed E-state index contributed by atoms with van der Waals surface area (Å²) in [5.41, 5.74) is 0.308. The van der Waals surface area contributed by atoms with Gasteiger partial charge in [-0.05, 0) is 54.2 Å². The fourth-order valence-corrected chi connectivity index (χ4v) is 5.57. The standard InChI is InChI=1S/C25H22F5N3O4/c1-12(13-2-5-17-18(8-13)37-25(29,30)36-17)23(10-35-11-23)19-9-14(6-7-31-19)15-3-4-16(34)21-20(15)22(33-32-21)24(26,27)28/h2,5-9,12,15-16,34H,3-4,10-11H2,1H3,(H,32,33). The van der Waals surface area contributed by atoms with Crippen LogP contribution < -0.4 is 9.47 Å². The lowest BCUT2D eigenvalue weighted by atomic mass is 9.68. The zero-order valence-corrected chi connectivity index (χ0v) is 19.5. The van der Waals surface area contributed by atoms with E-state index in [4.69, 9.17) is 4.74 Å². The minimum atomic E-state index is -4.68. The second kappa shape index (κ2) is 8.12. The number of aromatic nitrogens is 3. The summed E-state index contributed by atoms with van der Waals surface area (Å²) in [7, 11) is 0. The van der Waals surface area contributed by atoms with Gasteiger partial charge in [-0.1, -0.05) is 13.0 Å². The molecule has 1 fully saturated rings. The quantitative estimate of drug-likeness (QED) is 0.459. The molecule has 7 nitrogen and oxygen atoms in total. The minimum Gasteiger partial charge on any atom is -0.395 e. The number of rotatable bonds is 4. The molecular weight excluding hydrogens is 501 g/mol. The summed E-state index contributed by atoms with van der Waals surface area (Å²) in [5.74, 6) is -1.03. The highest BCUT2D eigenvalue weighted by molar-refractivity contribution is 5.48. The van der Waals surface area contributed by atoms with Crippen LogP contribution in [0.15, 0.2) is 36.5 Å². The predicted octanol–water partition coefficient (Wildman–Crippen LogP) is 5.18. The molecule has 3 atom stereocenters. The third-order valence-electron chi connectivity index (χ3n) is 7.68. The fraction of sp³-hybridized carbons (Fsp3) is 0.440. The monoisotopic (exact) mass is 523 g/mol. The lowest BCUT2D eigenvalue weighted by molar-refractivity contribution is -0.286. The number of alkyl halides is 5. The third kappa shape index (κ3) is 3.84. The lowest BCUT2D eigenvalue weighted by Gasteiger charge is -2.46. The van der Waals surface area contributed by atoms with Crippen molar-refractivity contribution in [1.82, 2.24) is 15.2 Å². The molecule has 6 rings (SSSR count). The number of nitrogens with one attached hydrogen (secondary N) is 1. The van der Waals surface area contributed by atoms with E-state index in [2.05, 4.69) is 24.7 Å². The van der Waals surface area contributed by atoms with Gasteiger partial charge >= 0.3 is 12.5 Å². The Hall–Kier alpha value is -3.25. The normalized spacial score (nSPS) is 24.3. The van der Waals surface area contributed by atoms with Crippen LogP contribution in [-0.2, 0) is 16.3 Å². The van der Waals surface area contributed by atoms with Crippen molar-refractivity contribution in [2.45, 2.75) is 55.6 Å². The van der Waals surface area contributed by atoms with E-state index in [0.29, 0.717) is 36.5 Å². The number of fused-ring (bicyclic) bond motifs is 2. The van der Waals surface area contributed by atoms with Crippen LogP contribution in [0.5, 0.6) is 11.5 Å². The SMILES string of the molecule is CC(c1ccc2c(c1)OC(F)(F)O2)C1(c2cc(C3CCC(O)c4[nH]nc(C(F)(F)F)c43)ccn2)COC1. The van der Waals surface area contributed by atoms with Gasteiger partial charge in [-0.3, -0.25) is 10.1 Å². The Labute approximate surface area is 207 Å². The average molecular weight is 523 g/mol. The number of ether oxygens (including phenoxy) is 3. The molecule has 2 aliphatic heterocycles. The molecule has 0 spiro atoms. The molecule has 0 amide bonds. The maximum absolute atomic E-state index is 13.7. The summed E-state index contributed by atoms with van der Waals surface area (Å²) < 4.78 is 82.9. The fourth-order valence-electron chi connectivity index (χ4n) is 5.57. The maximum atomic E-state index is 13.7. The Morgan fingerprint density at radius 1 is 1.08 bits per heavy atom. The van der Waals surface area contributed by atoms with Crippen LogP contribution in [0, 0.1) is 0 Å². The minimum absolute atomic E-state index is 0.0490. The molecule has 3 unspecified atom stereocenters. The first-order valence-corrected chi connectivity index (χ1v) is 11.8. The molecule has 2 N–H and O–H groups in total. The summed E-state index contributed by atoms with van der Waals surface area (Å²) in [6, 6.07) is 8.04. The number of hydrogen-bond acceptors (Lipinski definition) is 6. The smallest absolute Gasteiger partial charge is 0.395 e. The molecule has 0 saturated carbocycles. The average Bonchev–Trinajstić information content (AvgIpc) is 3.39. The van der Waals surface area contributed by atoms with Gasteiger partial charge < -0.3 is 19.3 Å². The molecule has 0 radical (unpaired) electrons. The number of aromatic amines is 1. The molecule has 12 heteroatoms. The number of nitrogens with zero attached hydrogens (tertiary/aromatic N) is 2. The second-order valence-corrected chi connectivity index (χ2v) is 9.76. The molecule has 37 heavy (non-hydrogen) atoms. The Morgan fingerprint density at radius 3 is 2.54 bits per heavy atom.